The van der Waals surface area contributed by atoms with Crippen molar-refractivity contribution >= 4 is 15.9 Å². The first kappa shape index (κ1) is 10.2. The molecular weight excluding hydrogens is 260 g/mol. The summed E-state index contributed by atoms with van der Waals surface area (Å²) < 4.78 is 7.32. The third kappa shape index (κ3) is 2.18. The third-order valence-corrected chi connectivity index (χ3v) is 2.53. The van der Waals surface area contributed by atoms with Gasteiger partial charge in [-0.15, -0.1) is 0 Å². The van der Waals surface area contributed by atoms with Crippen LogP contribution in [0.1, 0.15) is 11.5 Å². The first-order chi connectivity index (χ1) is 7.16. The molecule has 0 spiro atoms. The summed E-state index contributed by atoms with van der Waals surface area (Å²) in [7, 11) is 0. The van der Waals surface area contributed by atoms with Crippen LogP contribution in [0.2, 0.25) is 0 Å². The van der Waals surface area contributed by atoms with E-state index in [-0.39, 0.29) is 5.56 Å². The van der Waals surface area contributed by atoms with Crippen molar-refractivity contribution < 1.29 is 4.42 Å². The Hall–Kier alpha value is -1.36. The largest absolute Gasteiger partial charge is 0.464 e. The summed E-state index contributed by atoms with van der Waals surface area (Å²) in [6.45, 7) is 2.27. The Balaban J connectivity index is 2.32. The van der Waals surface area contributed by atoms with Crippen molar-refractivity contribution in [1.82, 2.24) is 9.55 Å². The smallest absolute Gasteiger partial charge is 0.268 e. The molecule has 2 aromatic rings. The van der Waals surface area contributed by atoms with E-state index in [1.165, 1.54) is 17.1 Å². The zero-order chi connectivity index (χ0) is 10.8. The van der Waals surface area contributed by atoms with Gasteiger partial charge in [0.05, 0.1) is 12.9 Å². The van der Waals surface area contributed by atoms with Crippen LogP contribution in [0.25, 0.3) is 0 Å². The first-order valence-electron chi connectivity index (χ1n) is 4.42. The highest BCUT2D eigenvalue weighted by molar-refractivity contribution is 9.10. The highest BCUT2D eigenvalue weighted by Gasteiger charge is 2.04. The lowest BCUT2D eigenvalue weighted by atomic mass is 10.4. The lowest BCUT2D eigenvalue weighted by Gasteiger charge is -2.01. The van der Waals surface area contributed by atoms with Crippen LogP contribution in [0.15, 0.2) is 38.3 Å². The van der Waals surface area contributed by atoms with Crippen LogP contribution < -0.4 is 5.56 Å². The maximum atomic E-state index is 11.6. The van der Waals surface area contributed by atoms with Gasteiger partial charge >= 0.3 is 0 Å². The van der Waals surface area contributed by atoms with Crippen LogP contribution in [0, 0.1) is 6.92 Å². The topological polar surface area (TPSA) is 48.0 Å². The summed E-state index contributed by atoms with van der Waals surface area (Å²) in [6.07, 6.45) is 2.97. The van der Waals surface area contributed by atoms with Crippen LogP contribution in [0.5, 0.6) is 0 Å². The summed E-state index contributed by atoms with van der Waals surface area (Å²) in [5.41, 5.74) is -0.112. The lowest BCUT2D eigenvalue weighted by molar-refractivity contribution is 0.465. The van der Waals surface area contributed by atoms with Gasteiger partial charge < -0.3 is 4.42 Å². The SMILES string of the molecule is Cc1ccc(Cn2cncc(Br)c2=O)o1. The summed E-state index contributed by atoms with van der Waals surface area (Å²) in [5, 5.41) is 0. The molecule has 0 aliphatic heterocycles. The normalized spacial score (nSPS) is 10.5. The minimum Gasteiger partial charge on any atom is -0.464 e. The van der Waals surface area contributed by atoms with E-state index in [1.807, 2.05) is 19.1 Å². The van der Waals surface area contributed by atoms with E-state index in [1.54, 1.807) is 0 Å². The van der Waals surface area contributed by atoms with Gasteiger partial charge in [0.1, 0.15) is 16.0 Å². The molecule has 4 nitrogen and oxygen atoms in total. The van der Waals surface area contributed by atoms with Crippen LogP contribution in [-0.2, 0) is 6.54 Å². The van der Waals surface area contributed by atoms with Crippen LogP contribution in [0.3, 0.4) is 0 Å². The Morgan fingerprint density at radius 3 is 3.00 bits per heavy atom. The predicted molar refractivity (Wildman–Crippen MR) is 58.7 cm³/mol. The van der Waals surface area contributed by atoms with Gasteiger partial charge in [-0.25, -0.2) is 4.98 Å². The Morgan fingerprint density at radius 2 is 2.33 bits per heavy atom. The molecule has 0 unspecified atom stereocenters. The van der Waals surface area contributed by atoms with E-state index in [2.05, 4.69) is 20.9 Å². The minimum atomic E-state index is -0.112. The minimum absolute atomic E-state index is 0.112. The fourth-order valence-corrected chi connectivity index (χ4v) is 1.62. The zero-order valence-electron chi connectivity index (χ0n) is 8.11. The monoisotopic (exact) mass is 268 g/mol. The number of hydrogen-bond acceptors (Lipinski definition) is 3. The average Bonchev–Trinajstić information content (AvgIpc) is 2.59. The number of aryl methyl sites for hydroxylation is 1. The second-order valence-electron chi connectivity index (χ2n) is 3.19. The van der Waals surface area contributed by atoms with E-state index in [9.17, 15) is 4.79 Å². The van der Waals surface area contributed by atoms with Crippen molar-refractivity contribution in [2.75, 3.05) is 0 Å². The standard InChI is InChI=1S/C10H9BrN2O2/c1-7-2-3-8(15-7)5-13-6-12-4-9(11)10(13)14/h2-4,6H,5H2,1H3. The zero-order valence-corrected chi connectivity index (χ0v) is 9.69. The summed E-state index contributed by atoms with van der Waals surface area (Å²) in [5.74, 6) is 1.58. The van der Waals surface area contributed by atoms with Gasteiger partial charge in [-0.05, 0) is 35.0 Å². The van der Waals surface area contributed by atoms with Gasteiger partial charge in [0.15, 0.2) is 0 Å². The molecule has 0 amide bonds. The van der Waals surface area contributed by atoms with Gasteiger partial charge in [-0.3, -0.25) is 9.36 Å². The average molecular weight is 269 g/mol. The van der Waals surface area contributed by atoms with E-state index >= 15 is 0 Å². The molecule has 0 bridgehead atoms. The Kier molecular flexibility index (Phi) is 2.73. The molecule has 15 heavy (non-hydrogen) atoms. The molecule has 78 valence electrons. The number of hydrogen-bond donors (Lipinski definition) is 0. The Bertz CT molecular complexity index is 530. The summed E-state index contributed by atoms with van der Waals surface area (Å²) in [4.78, 5) is 15.5. The maximum Gasteiger partial charge on any atom is 0.268 e. The molecule has 5 heteroatoms. The summed E-state index contributed by atoms with van der Waals surface area (Å²) in [6, 6.07) is 3.72. The molecule has 0 fully saturated rings. The Morgan fingerprint density at radius 1 is 1.53 bits per heavy atom. The van der Waals surface area contributed by atoms with E-state index in [0.29, 0.717) is 11.0 Å². The maximum absolute atomic E-state index is 11.6. The van der Waals surface area contributed by atoms with E-state index in [0.717, 1.165) is 11.5 Å². The van der Waals surface area contributed by atoms with Crippen molar-refractivity contribution in [3.8, 4) is 0 Å². The molecule has 0 saturated heterocycles. The van der Waals surface area contributed by atoms with Crippen LogP contribution >= 0.6 is 15.9 Å². The quantitative estimate of drug-likeness (QED) is 0.837. The van der Waals surface area contributed by atoms with Gasteiger partial charge in [0, 0.05) is 6.20 Å². The number of furan rings is 1. The molecule has 0 saturated carbocycles. The molecule has 2 aromatic heterocycles. The predicted octanol–water partition coefficient (Wildman–Crippen LogP) is 1.96. The highest BCUT2D eigenvalue weighted by atomic mass is 79.9. The van der Waals surface area contributed by atoms with E-state index in [4.69, 9.17) is 4.42 Å². The molecule has 0 aromatic carbocycles. The number of nitrogens with zero attached hydrogens (tertiary/aromatic N) is 2. The van der Waals surface area contributed by atoms with Crippen molar-refractivity contribution in [2.45, 2.75) is 13.5 Å². The molecule has 2 rings (SSSR count). The van der Waals surface area contributed by atoms with E-state index < -0.39 is 0 Å². The van der Waals surface area contributed by atoms with Gasteiger partial charge in [0.25, 0.3) is 5.56 Å². The van der Waals surface area contributed by atoms with Crippen molar-refractivity contribution in [3.63, 3.8) is 0 Å². The van der Waals surface area contributed by atoms with Crippen LogP contribution in [0.4, 0.5) is 0 Å². The second-order valence-corrected chi connectivity index (χ2v) is 4.04. The summed E-state index contributed by atoms with van der Waals surface area (Å²) >= 11 is 3.14. The van der Waals surface area contributed by atoms with Crippen LogP contribution in [-0.4, -0.2) is 9.55 Å². The molecule has 0 atom stereocenters. The Labute approximate surface area is 94.7 Å². The molecule has 0 aliphatic carbocycles. The molecular formula is C10H9BrN2O2. The van der Waals surface area contributed by atoms with Gasteiger partial charge in [-0.2, -0.15) is 0 Å². The fraction of sp³-hybridized carbons (Fsp3) is 0.200. The molecule has 0 radical (unpaired) electrons. The lowest BCUT2D eigenvalue weighted by Crippen LogP contribution is -2.20. The number of aromatic nitrogens is 2. The molecule has 0 aliphatic rings. The fourth-order valence-electron chi connectivity index (χ4n) is 1.27. The molecule has 2 heterocycles. The second kappa shape index (κ2) is 4.02. The van der Waals surface area contributed by atoms with Crippen molar-refractivity contribution in [3.05, 3.63) is 51.0 Å². The number of rotatable bonds is 2. The highest BCUT2D eigenvalue weighted by Crippen LogP contribution is 2.07. The molecule has 0 N–H and O–H groups in total. The first-order valence-corrected chi connectivity index (χ1v) is 5.21. The van der Waals surface area contributed by atoms with Gasteiger partial charge in [-0.1, -0.05) is 0 Å². The van der Waals surface area contributed by atoms with Gasteiger partial charge in [0.2, 0.25) is 0 Å². The van der Waals surface area contributed by atoms with Crippen molar-refractivity contribution in [1.29, 1.82) is 0 Å². The van der Waals surface area contributed by atoms with Crippen molar-refractivity contribution in [2.24, 2.45) is 0 Å². The number of halogens is 1. The third-order valence-electron chi connectivity index (χ3n) is 1.98.